The molecule has 1 heterocycles. The second-order valence-electron chi connectivity index (χ2n) is 6.06. The van der Waals surface area contributed by atoms with Crippen molar-refractivity contribution in [1.82, 2.24) is 10.2 Å². The SMILES string of the molecule is CC(C)CNC1(C(=O)O)CN(C(=O)OCc2ccccc2)C1. The highest BCUT2D eigenvalue weighted by atomic mass is 16.6. The van der Waals surface area contributed by atoms with Crippen molar-refractivity contribution in [3.05, 3.63) is 35.9 Å². The van der Waals surface area contributed by atoms with Gasteiger partial charge in [0.15, 0.2) is 5.54 Å². The third-order valence-electron chi connectivity index (χ3n) is 3.64. The van der Waals surface area contributed by atoms with E-state index < -0.39 is 17.6 Å². The maximum atomic E-state index is 11.9. The number of benzene rings is 1. The van der Waals surface area contributed by atoms with Gasteiger partial charge in [0.25, 0.3) is 0 Å². The number of carbonyl (C=O) groups is 2. The Bertz CT molecular complexity index is 524. The molecule has 2 N–H and O–H groups in total. The maximum absolute atomic E-state index is 11.9. The van der Waals surface area contributed by atoms with Gasteiger partial charge in [0, 0.05) is 0 Å². The molecule has 1 aliphatic heterocycles. The zero-order chi connectivity index (χ0) is 16.2. The Morgan fingerprint density at radius 1 is 1.32 bits per heavy atom. The van der Waals surface area contributed by atoms with Gasteiger partial charge in [-0.2, -0.15) is 0 Å². The lowest BCUT2D eigenvalue weighted by molar-refractivity contribution is -0.151. The van der Waals surface area contributed by atoms with Crippen molar-refractivity contribution in [2.45, 2.75) is 26.0 Å². The summed E-state index contributed by atoms with van der Waals surface area (Å²) in [5, 5.41) is 12.4. The predicted octanol–water partition coefficient (Wildman–Crippen LogP) is 1.71. The van der Waals surface area contributed by atoms with E-state index >= 15 is 0 Å². The van der Waals surface area contributed by atoms with Crippen LogP contribution in [0.3, 0.4) is 0 Å². The average Bonchev–Trinajstić information content (AvgIpc) is 2.44. The van der Waals surface area contributed by atoms with Gasteiger partial charge in [-0.25, -0.2) is 4.79 Å². The fourth-order valence-corrected chi connectivity index (χ4v) is 2.27. The summed E-state index contributed by atoms with van der Waals surface area (Å²) in [6.45, 7) is 5.06. The Kier molecular flexibility index (Phi) is 5.03. The van der Waals surface area contributed by atoms with Gasteiger partial charge in [0.05, 0.1) is 13.1 Å². The first kappa shape index (κ1) is 16.3. The Hall–Kier alpha value is -2.08. The van der Waals surface area contributed by atoms with Crippen molar-refractivity contribution in [2.24, 2.45) is 5.92 Å². The third kappa shape index (κ3) is 3.76. The number of carbonyl (C=O) groups excluding carboxylic acids is 1. The Morgan fingerprint density at radius 2 is 1.95 bits per heavy atom. The van der Waals surface area contributed by atoms with Crippen LogP contribution in [0.2, 0.25) is 0 Å². The lowest BCUT2D eigenvalue weighted by Crippen LogP contribution is -2.74. The number of ether oxygens (including phenoxy) is 1. The van der Waals surface area contributed by atoms with Gasteiger partial charge in [-0.1, -0.05) is 44.2 Å². The monoisotopic (exact) mass is 306 g/mol. The molecule has 0 saturated carbocycles. The number of nitrogens with zero attached hydrogens (tertiary/aromatic N) is 1. The lowest BCUT2D eigenvalue weighted by Gasteiger charge is -2.46. The highest BCUT2D eigenvalue weighted by molar-refractivity contribution is 5.84. The topological polar surface area (TPSA) is 78.9 Å². The summed E-state index contributed by atoms with van der Waals surface area (Å²) in [5.41, 5.74) is -0.144. The zero-order valence-electron chi connectivity index (χ0n) is 12.9. The fraction of sp³-hybridized carbons (Fsp3) is 0.500. The normalized spacial score (nSPS) is 16.2. The number of hydrogen-bond donors (Lipinski definition) is 2. The Labute approximate surface area is 130 Å². The lowest BCUT2D eigenvalue weighted by atomic mass is 9.89. The fourth-order valence-electron chi connectivity index (χ4n) is 2.27. The molecule has 1 fully saturated rings. The second-order valence-corrected chi connectivity index (χ2v) is 6.06. The van der Waals surface area contributed by atoms with Crippen LogP contribution in [0.4, 0.5) is 4.79 Å². The number of carboxylic acids is 1. The first-order valence-electron chi connectivity index (χ1n) is 7.37. The summed E-state index contributed by atoms with van der Waals surface area (Å²) in [6, 6.07) is 9.38. The molecule has 1 aliphatic rings. The van der Waals surface area contributed by atoms with E-state index in [1.54, 1.807) is 0 Å². The summed E-state index contributed by atoms with van der Waals surface area (Å²) >= 11 is 0. The molecule has 22 heavy (non-hydrogen) atoms. The number of nitrogens with one attached hydrogen (secondary N) is 1. The van der Waals surface area contributed by atoms with E-state index in [1.807, 2.05) is 44.2 Å². The number of amides is 1. The molecule has 0 aromatic heterocycles. The van der Waals surface area contributed by atoms with Gasteiger partial charge in [-0.05, 0) is 18.0 Å². The van der Waals surface area contributed by atoms with Gasteiger partial charge in [-0.15, -0.1) is 0 Å². The molecule has 6 nitrogen and oxygen atoms in total. The van der Waals surface area contributed by atoms with Crippen LogP contribution in [-0.2, 0) is 16.1 Å². The van der Waals surface area contributed by atoms with Gasteiger partial charge < -0.3 is 14.7 Å². The number of rotatable bonds is 6. The molecule has 0 radical (unpaired) electrons. The molecular weight excluding hydrogens is 284 g/mol. The quantitative estimate of drug-likeness (QED) is 0.836. The van der Waals surface area contributed by atoms with E-state index in [0.717, 1.165) is 5.56 Å². The minimum atomic E-state index is -1.05. The summed E-state index contributed by atoms with van der Waals surface area (Å²) in [6.07, 6.45) is -0.480. The molecule has 6 heteroatoms. The smallest absolute Gasteiger partial charge is 0.410 e. The molecule has 2 rings (SSSR count). The van der Waals surface area contributed by atoms with Crippen LogP contribution >= 0.6 is 0 Å². The summed E-state index contributed by atoms with van der Waals surface area (Å²) in [4.78, 5) is 24.8. The van der Waals surface area contributed by atoms with Crippen molar-refractivity contribution in [3.8, 4) is 0 Å². The van der Waals surface area contributed by atoms with Crippen LogP contribution in [0.5, 0.6) is 0 Å². The number of hydrogen-bond acceptors (Lipinski definition) is 4. The first-order chi connectivity index (χ1) is 10.4. The van der Waals surface area contributed by atoms with Crippen molar-refractivity contribution in [1.29, 1.82) is 0 Å². The summed E-state index contributed by atoms with van der Waals surface area (Å²) in [7, 11) is 0. The second kappa shape index (κ2) is 6.79. The number of aliphatic carboxylic acids is 1. The maximum Gasteiger partial charge on any atom is 0.410 e. The molecule has 1 aromatic carbocycles. The third-order valence-corrected chi connectivity index (χ3v) is 3.64. The molecule has 1 amide bonds. The van der Waals surface area contributed by atoms with Gasteiger partial charge in [0.2, 0.25) is 0 Å². The molecule has 0 atom stereocenters. The molecule has 0 unspecified atom stereocenters. The molecule has 0 aliphatic carbocycles. The molecular formula is C16H22N2O4. The van der Waals surface area contributed by atoms with Crippen molar-refractivity contribution < 1.29 is 19.4 Å². The van der Waals surface area contributed by atoms with E-state index in [0.29, 0.717) is 12.5 Å². The zero-order valence-corrected chi connectivity index (χ0v) is 12.9. The predicted molar refractivity (Wildman–Crippen MR) is 81.4 cm³/mol. The van der Waals surface area contributed by atoms with Crippen molar-refractivity contribution >= 4 is 12.1 Å². The van der Waals surface area contributed by atoms with Crippen LogP contribution in [-0.4, -0.2) is 47.2 Å². The highest BCUT2D eigenvalue weighted by Crippen LogP contribution is 2.23. The standard InChI is InChI=1S/C16H22N2O4/c1-12(2)8-17-16(14(19)20)10-18(11-16)15(21)22-9-13-6-4-3-5-7-13/h3-7,12,17H,8-11H2,1-2H3,(H,19,20). The minimum Gasteiger partial charge on any atom is -0.480 e. The molecule has 1 saturated heterocycles. The number of carboxylic acid groups (broad SMARTS) is 1. The van der Waals surface area contributed by atoms with Crippen LogP contribution in [0.15, 0.2) is 30.3 Å². The van der Waals surface area contributed by atoms with Crippen molar-refractivity contribution in [3.63, 3.8) is 0 Å². The van der Waals surface area contributed by atoms with Crippen LogP contribution in [0, 0.1) is 5.92 Å². The molecule has 0 spiro atoms. The summed E-state index contributed by atoms with van der Waals surface area (Å²) < 4.78 is 5.20. The van der Waals surface area contributed by atoms with Crippen LogP contribution in [0.25, 0.3) is 0 Å². The van der Waals surface area contributed by atoms with E-state index in [9.17, 15) is 14.7 Å². The van der Waals surface area contributed by atoms with Crippen molar-refractivity contribution in [2.75, 3.05) is 19.6 Å². The number of likely N-dealkylation sites (tertiary alicyclic amines) is 1. The van der Waals surface area contributed by atoms with Crippen LogP contribution in [0.1, 0.15) is 19.4 Å². The minimum absolute atomic E-state index is 0.128. The Balaban J connectivity index is 1.83. The molecule has 1 aromatic rings. The van der Waals surface area contributed by atoms with E-state index in [4.69, 9.17) is 4.74 Å². The van der Waals surface area contributed by atoms with E-state index in [2.05, 4.69) is 5.32 Å². The molecule has 0 bridgehead atoms. The largest absolute Gasteiger partial charge is 0.480 e. The van der Waals surface area contributed by atoms with Gasteiger partial charge >= 0.3 is 12.1 Å². The van der Waals surface area contributed by atoms with E-state index in [-0.39, 0.29) is 19.7 Å². The van der Waals surface area contributed by atoms with E-state index in [1.165, 1.54) is 4.90 Å². The van der Waals surface area contributed by atoms with Crippen LogP contribution < -0.4 is 5.32 Å². The average molecular weight is 306 g/mol. The summed E-state index contributed by atoms with van der Waals surface area (Å²) in [5.74, 6) is -0.587. The van der Waals surface area contributed by atoms with Gasteiger partial charge in [-0.3, -0.25) is 10.1 Å². The van der Waals surface area contributed by atoms with Gasteiger partial charge in [0.1, 0.15) is 6.61 Å². The highest BCUT2D eigenvalue weighted by Gasteiger charge is 2.51. The first-order valence-corrected chi connectivity index (χ1v) is 7.37. The Morgan fingerprint density at radius 3 is 2.50 bits per heavy atom. The molecule has 120 valence electrons.